The number of rotatable bonds is 9. The van der Waals surface area contributed by atoms with E-state index in [0.29, 0.717) is 0 Å². The average molecular weight is 552 g/mol. The standard InChI is InChI=1S/C25H37N5O.HI/c1-4-29-15-17-30(18-16-29)20-23-7-5-22(6-8-23)19-28-25(26-2)27-14-13-21-9-11-24(31-3)12-10-21;/h5-12H,4,13-20H2,1-3H3,(H2,26,27,28);1H. The van der Waals surface area contributed by atoms with Crippen LogP contribution < -0.4 is 15.4 Å². The Bertz CT molecular complexity index is 802. The minimum absolute atomic E-state index is 0. The Kier molecular flexibility index (Phi) is 11.8. The number of methoxy groups -OCH3 is 1. The molecule has 7 heteroatoms. The van der Waals surface area contributed by atoms with E-state index in [1.807, 2.05) is 19.2 Å². The van der Waals surface area contributed by atoms with Crippen LogP contribution in [-0.2, 0) is 19.5 Å². The Morgan fingerprint density at radius 1 is 0.875 bits per heavy atom. The summed E-state index contributed by atoms with van der Waals surface area (Å²) in [6.07, 6.45) is 0.936. The number of hydrogen-bond acceptors (Lipinski definition) is 4. The molecule has 1 fully saturated rings. The number of aliphatic imine (C=N–C) groups is 1. The highest BCUT2D eigenvalue weighted by Crippen LogP contribution is 2.12. The van der Waals surface area contributed by atoms with Crippen LogP contribution in [0.5, 0.6) is 5.75 Å². The molecule has 6 nitrogen and oxygen atoms in total. The van der Waals surface area contributed by atoms with Gasteiger partial charge < -0.3 is 20.3 Å². The molecule has 0 spiro atoms. The van der Waals surface area contributed by atoms with Crippen molar-refractivity contribution in [1.29, 1.82) is 0 Å². The highest BCUT2D eigenvalue weighted by molar-refractivity contribution is 14.0. The lowest BCUT2D eigenvalue weighted by Gasteiger charge is -2.34. The minimum atomic E-state index is 0. The van der Waals surface area contributed by atoms with Crippen molar-refractivity contribution in [1.82, 2.24) is 20.4 Å². The van der Waals surface area contributed by atoms with E-state index in [9.17, 15) is 0 Å². The Morgan fingerprint density at radius 2 is 1.47 bits per heavy atom. The van der Waals surface area contributed by atoms with E-state index in [0.717, 1.165) is 57.4 Å². The van der Waals surface area contributed by atoms with Crippen molar-refractivity contribution in [3.8, 4) is 5.75 Å². The molecule has 176 valence electrons. The normalized spacial score (nSPS) is 15.2. The van der Waals surface area contributed by atoms with Gasteiger partial charge in [-0.1, -0.05) is 43.3 Å². The SMILES string of the molecule is CCN1CCN(Cc2ccc(CNC(=NC)NCCc3ccc(OC)cc3)cc2)CC1.I. The van der Waals surface area contributed by atoms with Gasteiger partial charge in [-0.25, -0.2) is 0 Å². The van der Waals surface area contributed by atoms with Gasteiger partial charge in [0.15, 0.2) is 5.96 Å². The molecule has 1 heterocycles. The zero-order chi connectivity index (χ0) is 21.9. The van der Waals surface area contributed by atoms with Gasteiger partial charge in [-0.05, 0) is 41.8 Å². The molecule has 0 bridgehead atoms. The van der Waals surface area contributed by atoms with Crippen LogP contribution in [0.15, 0.2) is 53.5 Å². The van der Waals surface area contributed by atoms with Gasteiger partial charge in [-0.15, -0.1) is 24.0 Å². The number of nitrogens with one attached hydrogen (secondary N) is 2. The van der Waals surface area contributed by atoms with Crippen LogP contribution in [0.2, 0.25) is 0 Å². The van der Waals surface area contributed by atoms with E-state index in [4.69, 9.17) is 4.74 Å². The van der Waals surface area contributed by atoms with Gasteiger partial charge in [0, 0.05) is 52.9 Å². The highest BCUT2D eigenvalue weighted by Gasteiger charge is 2.15. The molecular weight excluding hydrogens is 513 g/mol. The maximum Gasteiger partial charge on any atom is 0.191 e. The number of nitrogens with zero attached hydrogens (tertiary/aromatic N) is 3. The van der Waals surface area contributed by atoms with Crippen LogP contribution in [-0.4, -0.2) is 69.2 Å². The highest BCUT2D eigenvalue weighted by atomic mass is 127. The molecule has 0 radical (unpaired) electrons. The third kappa shape index (κ3) is 8.60. The zero-order valence-electron chi connectivity index (χ0n) is 19.6. The molecule has 0 amide bonds. The molecule has 2 N–H and O–H groups in total. The predicted molar refractivity (Wildman–Crippen MR) is 144 cm³/mol. The Morgan fingerprint density at radius 3 is 2.06 bits per heavy atom. The zero-order valence-corrected chi connectivity index (χ0v) is 22.0. The van der Waals surface area contributed by atoms with Crippen molar-refractivity contribution >= 4 is 29.9 Å². The van der Waals surface area contributed by atoms with Crippen molar-refractivity contribution in [2.75, 3.05) is 53.4 Å². The van der Waals surface area contributed by atoms with Crippen molar-refractivity contribution in [3.63, 3.8) is 0 Å². The molecule has 1 aliphatic heterocycles. The first-order valence-electron chi connectivity index (χ1n) is 11.3. The van der Waals surface area contributed by atoms with E-state index in [1.54, 1.807) is 7.11 Å². The summed E-state index contributed by atoms with van der Waals surface area (Å²) in [7, 11) is 3.50. The van der Waals surface area contributed by atoms with E-state index in [2.05, 4.69) is 68.7 Å². The number of hydrogen-bond donors (Lipinski definition) is 2. The van der Waals surface area contributed by atoms with Crippen molar-refractivity contribution in [2.45, 2.75) is 26.4 Å². The van der Waals surface area contributed by atoms with Crippen LogP contribution in [0.25, 0.3) is 0 Å². The molecule has 3 rings (SSSR count). The molecule has 0 atom stereocenters. The third-order valence-electron chi connectivity index (χ3n) is 5.89. The predicted octanol–water partition coefficient (Wildman–Crippen LogP) is 3.36. The summed E-state index contributed by atoms with van der Waals surface area (Å²) >= 11 is 0. The summed E-state index contributed by atoms with van der Waals surface area (Å²) < 4.78 is 5.21. The fourth-order valence-electron chi connectivity index (χ4n) is 3.81. The fraction of sp³-hybridized carbons (Fsp3) is 0.480. The molecule has 0 aromatic heterocycles. The van der Waals surface area contributed by atoms with Crippen LogP contribution in [0.3, 0.4) is 0 Å². The maximum atomic E-state index is 5.21. The largest absolute Gasteiger partial charge is 0.497 e. The van der Waals surface area contributed by atoms with E-state index in [-0.39, 0.29) is 24.0 Å². The Hall–Kier alpha value is -1.84. The Balaban J connectivity index is 0.00000363. The quantitative estimate of drug-likeness (QED) is 0.285. The van der Waals surface area contributed by atoms with Gasteiger partial charge >= 0.3 is 0 Å². The molecule has 1 saturated heterocycles. The first kappa shape index (κ1) is 26.4. The maximum absolute atomic E-state index is 5.21. The number of piperazine rings is 1. The van der Waals surface area contributed by atoms with Gasteiger partial charge in [0.05, 0.1) is 7.11 Å². The summed E-state index contributed by atoms with van der Waals surface area (Å²) in [5.41, 5.74) is 3.92. The average Bonchev–Trinajstić information content (AvgIpc) is 2.83. The van der Waals surface area contributed by atoms with E-state index >= 15 is 0 Å². The minimum Gasteiger partial charge on any atom is -0.497 e. The summed E-state index contributed by atoms with van der Waals surface area (Å²) in [5.74, 6) is 1.71. The van der Waals surface area contributed by atoms with Crippen LogP contribution in [0.4, 0.5) is 0 Å². The van der Waals surface area contributed by atoms with Crippen LogP contribution in [0, 0.1) is 0 Å². The lowest BCUT2D eigenvalue weighted by atomic mass is 10.1. The monoisotopic (exact) mass is 551 g/mol. The second-order valence-electron chi connectivity index (χ2n) is 7.98. The fourth-order valence-corrected chi connectivity index (χ4v) is 3.81. The topological polar surface area (TPSA) is 52.1 Å². The van der Waals surface area contributed by atoms with Gasteiger partial charge in [-0.2, -0.15) is 0 Å². The van der Waals surface area contributed by atoms with Crippen LogP contribution in [0.1, 0.15) is 23.6 Å². The van der Waals surface area contributed by atoms with E-state index < -0.39 is 0 Å². The molecule has 0 unspecified atom stereocenters. The summed E-state index contributed by atoms with van der Waals surface area (Å²) in [5, 5.41) is 6.79. The molecule has 2 aromatic rings. The molecular formula is C25H38IN5O. The van der Waals surface area contributed by atoms with E-state index in [1.165, 1.54) is 29.8 Å². The van der Waals surface area contributed by atoms with Crippen molar-refractivity contribution < 1.29 is 4.74 Å². The second kappa shape index (κ2) is 14.3. The second-order valence-corrected chi connectivity index (χ2v) is 7.98. The number of likely N-dealkylation sites (N-methyl/N-ethyl adjacent to an activating group) is 1. The Labute approximate surface area is 210 Å². The molecule has 1 aliphatic rings. The molecule has 32 heavy (non-hydrogen) atoms. The van der Waals surface area contributed by atoms with Crippen molar-refractivity contribution in [3.05, 3.63) is 65.2 Å². The van der Waals surface area contributed by atoms with Gasteiger partial charge in [0.2, 0.25) is 0 Å². The number of halogens is 1. The number of ether oxygens (including phenoxy) is 1. The lowest BCUT2D eigenvalue weighted by Crippen LogP contribution is -2.45. The van der Waals surface area contributed by atoms with Gasteiger partial charge in [-0.3, -0.25) is 9.89 Å². The van der Waals surface area contributed by atoms with Gasteiger partial charge in [0.1, 0.15) is 5.75 Å². The number of benzene rings is 2. The van der Waals surface area contributed by atoms with Crippen molar-refractivity contribution in [2.24, 2.45) is 4.99 Å². The molecule has 2 aromatic carbocycles. The van der Waals surface area contributed by atoms with Gasteiger partial charge in [0.25, 0.3) is 0 Å². The summed E-state index contributed by atoms with van der Waals surface area (Å²) in [6, 6.07) is 17.1. The smallest absolute Gasteiger partial charge is 0.191 e. The lowest BCUT2D eigenvalue weighted by molar-refractivity contribution is 0.132. The third-order valence-corrected chi connectivity index (χ3v) is 5.89. The summed E-state index contributed by atoms with van der Waals surface area (Å²) in [6.45, 7) is 10.7. The number of guanidine groups is 1. The molecule has 0 saturated carbocycles. The molecule has 0 aliphatic carbocycles. The summed E-state index contributed by atoms with van der Waals surface area (Å²) in [4.78, 5) is 9.40. The van der Waals surface area contributed by atoms with Crippen LogP contribution >= 0.6 is 24.0 Å². The first-order valence-corrected chi connectivity index (χ1v) is 11.3. The first-order chi connectivity index (χ1) is 15.2.